The number of nitrogens with zero attached hydrogens (tertiary/aromatic N) is 2. The van der Waals surface area contributed by atoms with Gasteiger partial charge in [0.2, 0.25) is 0 Å². The van der Waals surface area contributed by atoms with Crippen LogP contribution in [-0.4, -0.2) is 24.0 Å². The zero-order chi connectivity index (χ0) is 14.4. The predicted molar refractivity (Wildman–Crippen MR) is 74.9 cm³/mol. The molecule has 0 fully saturated rings. The van der Waals surface area contributed by atoms with Crippen LogP contribution in [0, 0.1) is 0 Å². The summed E-state index contributed by atoms with van der Waals surface area (Å²) >= 11 is 1.22. The van der Waals surface area contributed by atoms with Crippen LogP contribution in [-0.2, 0) is 9.63 Å². The Balaban J connectivity index is 2.12. The Labute approximate surface area is 119 Å². The van der Waals surface area contributed by atoms with Gasteiger partial charge in [0.1, 0.15) is 7.11 Å². The Kier molecular flexibility index (Phi) is 4.61. The second-order valence-electron chi connectivity index (χ2n) is 3.56. The third-order valence-electron chi connectivity index (χ3n) is 2.21. The van der Waals surface area contributed by atoms with E-state index in [2.05, 4.69) is 25.8 Å². The highest BCUT2D eigenvalue weighted by Gasteiger charge is 2.15. The number of nitrogens with one attached hydrogen (secondary N) is 2. The van der Waals surface area contributed by atoms with Crippen molar-refractivity contribution in [3.05, 3.63) is 41.4 Å². The lowest BCUT2D eigenvalue weighted by Gasteiger charge is -2.19. The molecule has 0 bridgehead atoms. The first kappa shape index (κ1) is 13.9. The van der Waals surface area contributed by atoms with Gasteiger partial charge in [-0.25, -0.2) is 4.99 Å². The van der Waals surface area contributed by atoms with E-state index in [1.54, 1.807) is 5.41 Å². The number of carbonyl (C=O) groups excluding carboxylic acids is 1. The number of amidine groups is 1. The van der Waals surface area contributed by atoms with Crippen molar-refractivity contribution in [3.8, 4) is 0 Å². The minimum atomic E-state index is -1.43. The summed E-state index contributed by atoms with van der Waals surface area (Å²) in [6, 6.07) is 9.36. The number of hydrazine groups is 1. The number of thioether (sulfide) groups is 1. The number of carboxylic acid groups (broad SMARTS) is 1. The van der Waals surface area contributed by atoms with Crippen LogP contribution in [0.5, 0.6) is 0 Å². The van der Waals surface area contributed by atoms with Crippen molar-refractivity contribution in [3.63, 3.8) is 0 Å². The number of rotatable bonds is 4. The van der Waals surface area contributed by atoms with Crippen LogP contribution in [0.3, 0.4) is 0 Å². The number of carboxylic acids is 1. The summed E-state index contributed by atoms with van der Waals surface area (Å²) in [5, 5.41) is 16.4. The molecule has 0 amide bonds. The summed E-state index contributed by atoms with van der Waals surface area (Å²) in [5.41, 5.74) is 6.16. The molecule has 0 unspecified atom stereocenters. The SMILES string of the molecule is CON=C(C(=O)[O-])C1=CSC(=Nc2ccccc2)NN1. The molecule has 8 heteroatoms. The number of hydrogen-bond acceptors (Lipinski definition) is 7. The van der Waals surface area contributed by atoms with Gasteiger partial charge in [0.15, 0.2) is 10.9 Å². The van der Waals surface area contributed by atoms with Crippen molar-refractivity contribution in [1.29, 1.82) is 0 Å². The molecule has 0 saturated carbocycles. The molecule has 0 radical (unpaired) electrons. The van der Waals surface area contributed by atoms with E-state index in [1.807, 2.05) is 30.3 Å². The van der Waals surface area contributed by atoms with Crippen LogP contribution in [0.4, 0.5) is 5.69 Å². The molecule has 1 aromatic carbocycles. The smallest absolute Gasteiger partial charge is 0.184 e. The highest BCUT2D eigenvalue weighted by atomic mass is 32.2. The molecule has 20 heavy (non-hydrogen) atoms. The van der Waals surface area contributed by atoms with Crippen LogP contribution in [0.2, 0.25) is 0 Å². The summed E-state index contributed by atoms with van der Waals surface area (Å²) in [5.74, 6) is -1.43. The van der Waals surface area contributed by atoms with E-state index in [1.165, 1.54) is 18.9 Å². The Morgan fingerprint density at radius 1 is 1.30 bits per heavy atom. The van der Waals surface area contributed by atoms with E-state index in [4.69, 9.17) is 0 Å². The van der Waals surface area contributed by atoms with E-state index in [-0.39, 0.29) is 11.4 Å². The van der Waals surface area contributed by atoms with E-state index >= 15 is 0 Å². The molecule has 2 rings (SSSR count). The van der Waals surface area contributed by atoms with Gasteiger partial charge in [0.05, 0.1) is 17.4 Å². The minimum absolute atomic E-state index is 0.240. The molecule has 1 aromatic rings. The summed E-state index contributed by atoms with van der Waals surface area (Å²) in [7, 11) is 1.26. The molecule has 2 N–H and O–H groups in total. The zero-order valence-electron chi connectivity index (χ0n) is 10.5. The van der Waals surface area contributed by atoms with Crippen molar-refractivity contribution >= 4 is 34.3 Å². The average Bonchev–Trinajstić information content (AvgIpc) is 2.47. The standard InChI is InChI=1S/C12H12N4O3S/c1-19-16-10(11(17)18)9-7-20-12(15-14-9)13-8-5-3-2-4-6-8/h2-7,14H,1H3,(H,13,15)(H,17,18)/p-1. The number of aliphatic carboxylic acids is 1. The fourth-order valence-electron chi connectivity index (χ4n) is 1.37. The van der Waals surface area contributed by atoms with E-state index in [0.717, 1.165) is 5.69 Å². The molecule has 1 heterocycles. The average molecular weight is 291 g/mol. The number of hydrogen-bond donors (Lipinski definition) is 2. The minimum Gasteiger partial charge on any atom is -0.543 e. The van der Waals surface area contributed by atoms with Crippen molar-refractivity contribution in [2.45, 2.75) is 0 Å². The second kappa shape index (κ2) is 6.62. The number of benzene rings is 1. The van der Waals surface area contributed by atoms with Crippen molar-refractivity contribution in [2.24, 2.45) is 10.1 Å². The lowest BCUT2D eigenvalue weighted by Crippen LogP contribution is -2.44. The largest absolute Gasteiger partial charge is 0.543 e. The Hall–Kier alpha value is -2.48. The first-order valence-corrected chi connectivity index (χ1v) is 6.44. The zero-order valence-corrected chi connectivity index (χ0v) is 11.3. The molecular formula is C12H11N4O3S-. The third kappa shape index (κ3) is 3.51. The first-order chi connectivity index (χ1) is 9.70. The molecule has 0 aromatic heterocycles. The lowest BCUT2D eigenvalue weighted by atomic mass is 10.3. The molecule has 0 aliphatic carbocycles. The number of aliphatic imine (C=N–C) groups is 1. The summed E-state index contributed by atoms with van der Waals surface area (Å²) in [6.07, 6.45) is 0. The van der Waals surface area contributed by atoms with E-state index < -0.39 is 5.97 Å². The highest BCUT2D eigenvalue weighted by Crippen LogP contribution is 2.17. The number of carbonyl (C=O) groups is 1. The van der Waals surface area contributed by atoms with E-state index in [9.17, 15) is 9.90 Å². The Bertz CT molecular complexity index is 584. The van der Waals surface area contributed by atoms with Gasteiger partial charge < -0.3 is 14.7 Å². The van der Waals surface area contributed by atoms with Gasteiger partial charge in [-0.1, -0.05) is 35.1 Å². The molecule has 104 valence electrons. The fraction of sp³-hybridized carbons (Fsp3) is 0.0833. The maximum atomic E-state index is 10.9. The number of oxime groups is 1. The van der Waals surface area contributed by atoms with Gasteiger partial charge in [-0.05, 0) is 12.1 Å². The summed E-state index contributed by atoms with van der Waals surface area (Å²) in [4.78, 5) is 19.7. The van der Waals surface area contributed by atoms with Crippen molar-refractivity contribution < 1.29 is 14.7 Å². The Morgan fingerprint density at radius 2 is 2.05 bits per heavy atom. The molecule has 0 spiro atoms. The highest BCUT2D eigenvalue weighted by molar-refractivity contribution is 8.16. The van der Waals surface area contributed by atoms with Crippen molar-refractivity contribution in [1.82, 2.24) is 10.9 Å². The molecular weight excluding hydrogens is 280 g/mol. The molecule has 7 nitrogen and oxygen atoms in total. The van der Waals surface area contributed by atoms with Gasteiger partial charge in [-0.2, -0.15) is 0 Å². The lowest BCUT2D eigenvalue weighted by molar-refractivity contribution is -0.294. The van der Waals surface area contributed by atoms with Crippen LogP contribution >= 0.6 is 11.8 Å². The van der Waals surface area contributed by atoms with Gasteiger partial charge in [-0.3, -0.25) is 10.9 Å². The second-order valence-corrected chi connectivity index (χ2v) is 4.42. The quantitative estimate of drug-likeness (QED) is 0.603. The fourth-order valence-corrected chi connectivity index (χ4v) is 2.04. The van der Waals surface area contributed by atoms with Crippen LogP contribution < -0.4 is 16.0 Å². The first-order valence-electron chi connectivity index (χ1n) is 5.56. The number of para-hydroxylation sites is 1. The third-order valence-corrected chi connectivity index (χ3v) is 2.98. The van der Waals surface area contributed by atoms with E-state index in [0.29, 0.717) is 5.17 Å². The Morgan fingerprint density at radius 3 is 2.60 bits per heavy atom. The van der Waals surface area contributed by atoms with Crippen LogP contribution in [0.25, 0.3) is 0 Å². The topological polar surface area (TPSA) is 98.1 Å². The molecule has 0 saturated heterocycles. The summed E-state index contributed by atoms with van der Waals surface area (Å²) in [6.45, 7) is 0. The normalized spacial score (nSPS) is 16.9. The van der Waals surface area contributed by atoms with Crippen molar-refractivity contribution in [2.75, 3.05) is 7.11 Å². The molecule has 0 atom stereocenters. The van der Waals surface area contributed by atoms with Gasteiger partial charge in [0, 0.05) is 5.41 Å². The predicted octanol–water partition coefficient (Wildman–Crippen LogP) is 0.109. The summed E-state index contributed by atoms with van der Waals surface area (Å²) < 4.78 is 0. The molecule has 1 aliphatic rings. The monoisotopic (exact) mass is 291 g/mol. The van der Waals surface area contributed by atoms with Crippen LogP contribution in [0.1, 0.15) is 0 Å². The van der Waals surface area contributed by atoms with Gasteiger partial charge in [-0.15, -0.1) is 0 Å². The van der Waals surface area contributed by atoms with Gasteiger partial charge in [0.25, 0.3) is 0 Å². The maximum absolute atomic E-state index is 10.9. The molecule has 1 aliphatic heterocycles. The maximum Gasteiger partial charge on any atom is 0.184 e. The van der Waals surface area contributed by atoms with Crippen LogP contribution in [0.15, 0.2) is 51.6 Å². The van der Waals surface area contributed by atoms with Gasteiger partial charge >= 0.3 is 0 Å².